The quantitative estimate of drug-likeness (QED) is 0.373. The minimum Gasteiger partial charge on any atom is -0.312 e. The van der Waals surface area contributed by atoms with E-state index in [2.05, 4.69) is 88.8 Å². The summed E-state index contributed by atoms with van der Waals surface area (Å²) in [6.07, 6.45) is 0. The number of nitrogens with zero attached hydrogens (tertiary/aromatic N) is 3. The highest BCUT2D eigenvalue weighted by atomic mass is 15.2. The maximum absolute atomic E-state index is 4.93. The van der Waals surface area contributed by atoms with Gasteiger partial charge in [0.2, 0.25) is 5.78 Å². The summed E-state index contributed by atoms with van der Waals surface area (Å²) in [6.45, 7) is 0. The normalized spacial score (nSPS) is 12.2. The molecule has 0 unspecified atom stereocenters. The van der Waals surface area contributed by atoms with Crippen molar-refractivity contribution in [1.29, 1.82) is 0 Å². The number of fused-ring (bicyclic) bond motifs is 8. The summed E-state index contributed by atoms with van der Waals surface area (Å²) in [5, 5.41) is 5.00. The van der Waals surface area contributed by atoms with Crippen LogP contribution in [0.1, 0.15) is 0 Å². The number of aryl methyl sites for hydroxylation is 1. The highest BCUT2D eigenvalue weighted by Gasteiger charge is 2.16. The molecule has 0 aliphatic heterocycles. The first-order chi connectivity index (χ1) is 12.3. The van der Waals surface area contributed by atoms with E-state index >= 15 is 0 Å². The molecule has 0 amide bonds. The van der Waals surface area contributed by atoms with Crippen molar-refractivity contribution in [3.05, 3.63) is 72.8 Å². The Morgan fingerprint density at radius 1 is 0.720 bits per heavy atom. The zero-order chi connectivity index (χ0) is 16.5. The van der Waals surface area contributed by atoms with E-state index in [4.69, 9.17) is 4.98 Å². The third-order valence-corrected chi connectivity index (χ3v) is 5.26. The van der Waals surface area contributed by atoms with Gasteiger partial charge >= 0.3 is 0 Å². The fourth-order valence-corrected chi connectivity index (χ4v) is 4.09. The Morgan fingerprint density at radius 3 is 2.28 bits per heavy atom. The van der Waals surface area contributed by atoms with Crippen LogP contribution < -0.4 is 0 Å². The molecule has 0 spiro atoms. The number of aromatic nitrogens is 3. The van der Waals surface area contributed by atoms with Gasteiger partial charge in [-0.1, -0.05) is 54.6 Å². The molecule has 0 N–H and O–H groups in total. The molecule has 6 aromatic rings. The summed E-state index contributed by atoms with van der Waals surface area (Å²) < 4.78 is 4.49. The second-order valence-corrected chi connectivity index (χ2v) is 6.65. The van der Waals surface area contributed by atoms with Gasteiger partial charge in [0, 0.05) is 12.4 Å². The largest absolute Gasteiger partial charge is 0.312 e. The van der Waals surface area contributed by atoms with Gasteiger partial charge in [0.05, 0.1) is 22.1 Å². The summed E-state index contributed by atoms with van der Waals surface area (Å²) in [4.78, 5) is 4.93. The van der Waals surface area contributed by atoms with Gasteiger partial charge in [0.25, 0.3) is 0 Å². The minimum atomic E-state index is 0.983. The third kappa shape index (κ3) is 1.57. The fraction of sp³-hybridized carbons (Fsp3) is 0.0455. The number of imidazole rings is 2. The van der Waals surface area contributed by atoms with Crippen LogP contribution in [0.5, 0.6) is 0 Å². The number of rotatable bonds is 0. The van der Waals surface area contributed by atoms with Crippen LogP contribution in [0.25, 0.3) is 49.4 Å². The van der Waals surface area contributed by atoms with Gasteiger partial charge in [-0.15, -0.1) is 0 Å². The number of hydrogen-bond acceptors (Lipinski definition) is 1. The van der Waals surface area contributed by atoms with E-state index in [1.165, 1.54) is 32.6 Å². The van der Waals surface area contributed by atoms with Crippen LogP contribution in [-0.4, -0.2) is 14.0 Å². The van der Waals surface area contributed by atoms with Gasteiger partial charge in [-0.2, -0.15) is 0 Å². The fourth-order valence-electron chi connectivity index (χ4n) is 4.09. The summed E-state index contributed by atoms with van der Waals surface area (Å²) in [5.74, 6) is 0.983. The lowest BCUT2D eigenvalue weighted by Gasteiger charge is -2.03. The SMILES string of the molecule is Cn1c2c3ccccc3ccc2n2c3cc4ccccc4cc3nc12. The Bertz CT molecular complexity index is 1450. The summed E-state index contributed by atoms with van der Waals surface area (Å²) in [5.41, 5.74) is 4.64. The van der Waals surface area contributed by atoms with Crippen LogP contribution in [0, 0.1) is 0 Å². The first-order valence-corrected chi connectivity index (χ1v) is 8.48. The molecular formula is C22H15N3. The van der Waals surface area contributed by atoms with Crippen molar-refractivity contribution in [3.63, 3.8) is 0 Å². The monoisotopic (exact) mass is 321 g/mol. The summed E-state index contributed by atoms with van der Waals surface area (Å²) in [7, 11) is 2.11. The predicted octanol–water partition coefficient (Wildman–Crippen LogP) is 5.29. The highest BCUT2D eigenvalue weighted by molar-refractivity contribution is 6.08. The van der Waals surface area contributed by atoms with Crippen LogP contribution >= 0.6 is 0 Å². The molecule has 2 aromatic heterocycles. The van der Waals surface area contributed by atoms with Crippen molar-refractivity contribution in [2.75, 3.05) is 0 Å². The molecule has 0 aliphatic carbocycles. The molecule has 3 nitrogen and oxygen atoms in total. The standard InChI is InChI=1S/C22H15N3/c1-24-21-17-9-5-4-6-14(17)10-11-19(21)25-20-13-16-8-3-2-7-15(16)12-18(20)23-22(24)25/h2-13H,1H3. The molecule has 2 heterocycles. The molecule has 118 valence electrons. The van der Waals surface area contributed by atoms with E-state index < -0.39 is 0 Å². The van der Waals surface area contributed by atoms with Crippen LogP contribution in [0.3, 0.4) is 0 Å². The first-order valence-electron chi connectivity index (χ1n) is 8.48. The third-order valence-electron chi connectivity index (χ3n) is 5.26. The molecule has 3 heteroatoms. The Labute approximate surface area is 143 Å². The van der Waals surface area contributed by atoms with E-state index in [-0.39, 0.29) is 0 Å². The van der Waals surface area contributed by atoms with Crippen molar-refractivity contribution in [1.82, 2.24) is 14.0 Å². The van der Waals surface area contributed by atoms with E-state index in [1.807, 2.05) is 0 Å². The van der Waals surface area contributed by atoms with Crippen LogP contribution in [0.2, 0.25) is 0 Å². The number of benzene rings is 4. The lowest BCUT2D eigenvalue weighted by atomic mass is 10.1. The van der Waals surface area contributed by atoms with Crippen molar-refractivity contribution < 1.29 is 0 Å². The first kappa shape index (κ1) is 13.0. The zero-order valence-corrected chi connectivity index (χ0v) is 13.8. The van der Waals surface area contributed by atoms with E-state index in [9.17, 15) is 0 Å². The molecule has 25 heavy (non-hydrogen) atoms. The van der Waals surface area contributed by atoms with Gasteiger partial charge in [0.15, 0.2) is 0 Å². The lowest BCUT2D eigenvalue weighted by Crippen LogP contribution is -1.89. The molecule has 0 saturated carbocycles. The summed E-state index contributed by atoms with van der Waals surface area (Å²) >= 11 is 0. The highest BCUT2D eigenvalue weighted by Crippen LogP contribution is 2.32. The van der Waals surface area contributed by atoms with Crippen molar-refractivity contribution in [2.45, 2.75) is 0 Å². The second-order valence-electron chi connectivity index (χ2n) is 6.65. The Morgan fingerprint density at radius 2 is 1.44 bits per heavy atom. The second kappa shape index (κ2) is 4.39. The Hall–Kier alpha value is -3.33. The topological polar surface area (TPSA) is 22.2 Å². The van der Waals surface area contributed by atoms with Crippen molar-refractivity contribution in [2.24, 2.45) is 7.05 Å². The van der Waals surface area contributed by atoms with Gasteiger partial charge < -0.3 is 4.57 Å². The van der Waals surface area contributed by atoms with Gasteiger partial charge in [-0.25, -0.2) is 4.98 Å². The molecule has 6 rings (SSSR count). The van der Waals surface area contributed by atoms with Crippen molar-refractivity contribution >= 4 is 49.4 Å². The van der Waals surface area contributed by atoms with E-state index in [0.29, 0.717) is 0 Å². The lowest BCUT2D eigenvalue weighted by molar-refractivity contribution is 0.977. The zero-order valence-electron chi connectivity index (χ0n) is 13.8. The minimum absolute atomic E-state index is 0.983. The smallest absolute Gasteiger partial charge is 0.215 e. The average molecular weight is 321 g/mol. The molecule has 0 fully saturated rings. The van der Waals surface area contributed by atoms with Crippen LogP contribution in [0.4, 0.5) is 0 Å². The van der Waals surface area contributed by atoms with Crippen LogP contribution in [0.15, 0.2) is 72.8 Å². The molecule has 0 radical (unpaired) electrons. The van der Waals surface area contributed by atoms with E-state index in [1.54, 1.807) is 0 Å². The molecule has 0 atom stereocenters. The maximum atomic E-state index is 4.93. The van der Waals surface area contributed by atoms with Gasteiger partial charge in [-0.05, 0) is 34.4 Å². The molecule has 0 aliphatic rings. The molecule has 0 bridgehead atoms. The molecule has 0 saturated heterocycles. The average Bonchev–Trinajstić information content (AvgIpc) is 3.15. The van der Waals surface area contributed by atoms with E-state index in [0.717, 1.165) is 16.8 Å². The number of hydrogen-bond donors (Lipinski definition) is 0. The Balaban J connectivity index is 1.89. The predicted molar refractivity (Wildman–Crippen MR) is 104 cm³/mol. The maximum Gasteiger partial charge on any atom is 0.215 e. The molecule has 4 aromatic carbocycles. The Kier molecular flexibility index (Phi) is 2.29. The summed E-state index contributed by atoms with van der Waals surface area (Å²) in [6, 6.07) is 25.8. The molecular weight excluding hydrogens is 306 g/mol. The van der Waals surface area contributed by atoms with Crippen LogP contribution in [-0.2, 0) is 7.05 Å². The van der Waals surface area contributed by atoms with Gasteiger partial charge in [-0.3, -0.25) is 4.40 Å². The van der Waals surface area contributed by atoms with Crippen molar-refractivity contribution in [3.8, 4) is 0 Å². The van der Waals surface area contributed by atoms with Gasteiger partial charge in [0.1, 0.15) is 0 Å².